The minimum atomic E-state index is -4.85. The van der Waals surface area contributed by atoms with Gasteiger partial charge in [0.1, 0.15) is 0 Å². The molecule has 0 aliphatic heterocycles. The molecule has 0 saturated heterocycles. The average molecular weight is 468 g/mol. The molecule has 0 spiro atoms. The number of carbonyl (C=O) groups excluding carboxylic acids is 1. The van der Waals surface area contributed by atoms with Gasteiger partial charge >= 0.3 is 12.3 Å². The molecule has 0 atom stereocenters. The Labute approximate surface area is 135 Å². The lowest BCUT2D eigenvalue weighted by atomic mass is 10.2. The molecule has 0 fully saturated rings. The zero-order valence-electron chi connectivity index (χ0n) is 10.3. The molecule has 112 valence electrons. The van der Waals surface area contributed by atoms with Crippen LogP contribution in [0.4, 0.5) is 13.2 Å². The Morgan fingerprint density at radius 1 is 1.50 bits per heavy atom. The first-order valence-electron chi connectivity index (χ1n) is 5.42. The van der Waals surface area contributed by atoms with Crippen molar-refractivity contribution >= 4 is 44.5 Å². The van der Waals surface area contributed by atoms with E-state index in [-0.39, 0.29) is 22.3 Å². The minimum Gasteiger partial charge on any atom is -0.466 e. The van der Waals surface area contributed by atoms with Gasteiger partial charge in [-0.2, -0.15) is 0 Å². The largest absolute Gasteiger partial charge is 0.573 e. The van der Waals surface area contributed by atoms with Crippen LogP contribution in [-0.2, 0) is 21.3 Å². The second-order valence-corrected chi connectivity index (χ2v) is 5.18. The van der Waals surface area contributed by atoms with Gasteiger partial charge in [-0.15, -0.1) is 13.2 Å². The lowest BCUT2D eigenvalue weighted by molar-refractivity contribution is -0.275. The van der Waals surface area contributed by atoms with E-state index < -0.39 is 18.1 Å². The summed E-state index contributed by atoms with van der Waals surface area (Å²) in [5.74, 6) is -1.11. The number of hydrogen-bond donors (Lipinski definition) is 0. The summed E-state index contributed by atoms with van der Waals surface area (Å²) in [5, 5.41) is 0.326. The summed E-state index contributed by atoms with van der Waals surface area (Å²) in [6.45, 7) is 1.75. The second kappa shape index (κ2) is 7.43. The molecule has 4 nitrogen and oxygen atoms in total. The normalized spacial score (nSPS) is 11.3. The Balaban J connectivity index is 3.15. The molecule has 1 rings (SSSR count). The van der Waals surface area contributed by atoms with Crippen LogP contribution in [0.15, 0.2) is 6.20 Å². The zero-order valence-corrected chi connectivity index (χ0v) is 14.0. The van der Waals surface area contributed by atoms with E-state index in [0.29, 0.717) is 10.9 Å². The van der Waals surface area contributed by atoms with Gasteiger partial charge in [0, 0.05) is 11.5 Å². The third kappa shape index (κ3) is 5.08. The molecule has 0 N–H and O–H groups in total. The van der Waals surface area contributed by atoms with Crippen molar-refractivity contribution in [1.82, 2.24) is 4.98 Å². The monoisotopic (exact) mass is 467 g/mol. The molecule has 0 saturated carbocycles. The van der Waals surface area contributed by atoms with Gasteiger partial charge in [0.05, 0.1) is 22.3 Å². The molecule has 0 aliphatic rings. The minimum absolute atomic E-state index is 0.102. The van der Waals surface area contributed by atoms with Crippen molar-refractivity contribution in [2.24, 2.45) is 0 Å². The molecular formula is C11H10BrF3INO3. The summed E-state index contributed by atoms with van der Waals surface area (Å²) >= 11 is 4.88. The van der Waals surface area contributed by atoms with Gasteiger partial charge in [-0.3, -0.25) is 9.78 Å². The molecule has 0 amide bonds. The van der Waals surface area contributed by atoms with Gasteiger partial charge in [-0.1, -0.05) is 15.9 Å². The first kappa shape index (κ1) is 17.5. The fourth-order valence-corrected chi connectivity index (χ4v) is 3.03. The van der Waals surface area contributed by atoms with Crippen LogP contribution < -0.4 is 4.74 Å². The summed E-state index contributed by atoms with van der Waals surface area (Å²) in [4.78, 5) is 15.2. The standard InChI is InChI=1S/C11H10BrF3INO3/c1-2-19-8(18)3-7-10(20-11(13,14)15)9(16)6(4-12)5-17-7/h5H,2-4H2,1H3. The Bertz CT molecular complexity index is 497. The van der Waals surface area contributed by atoms with E-state index in [4.69, 9.17) is 4.74 Å². The van der Waals surface area contributed by atoms with Crippen molar-refractivity contribution in [2.45, 2.75) is 25.0 Å². The SMILES string of the molecule is CCOC(=O)Cc1ncc(CBr)c(I)c1OC(F)(F)F. The molecular weight excluding hydrogens is 458 g/mol. The average Bonchev–Trinajstić information content (AvgIpc) is 2.33. The van der Waals surface area contributed by atoms with Crippen molar-refractivity contribution < 1.29 is 27.4 Å². The van der Waals surface area contributed by atoms with E-state index in [0.717, 1.165) is 0 Å². The maximum Gasteiger partial charge on any atom is 0.573 e. The molecule has 0 bridgehead atoms. The third-order valence-electron chi connectivity index (χ3n) is 2.10. The molecule has 0 unspecified atom stereocenters. The van der Waals surface area contributed by atoms with E-state index in [1.165, 1.54) is 6.20 Å². The van der Waals surface area contributed by atoms with Gasteiger partial charge in [0.15, 0.2) is 5.75 Å². The smallest absolute Gasteiger partial charge is 0.466 e. The fraction of sp³-hybridized carbons (Fsp3) is 0.455. The first-order chi connectivity index (χ1) is 9.28. The van der Waals surface area contributed by atoms with Crippen molar-refractivity contribution in [3.05, 3.63) is 21.0 Å². The Morgan fingerprint density at radius 3 is 2.65 bits per heavy atom. The van der Waals surface area contributed by atoms with E-state index in [9.17, 15) is 18.0 Å². The first-order valence-corrected chi connectivity index (χ1v) is 7.62. The number of ether oxygens (including phenoxy) is 2. The van der Waals surface area contributed by atoms with E-state index in [1.54, 1.807) is 29.5 Å². The summed E-state index contributed by atoms with van der Waals surface area (Å²) in [6.07, 6.45) is -3.83. The lowest BCUT2D eigenvalue weighted by Crippen LogP contribution is -2.21. The second-order valence-electron chi connectivity index (χ2n) is 3.54. The van der Waals surface area contributed by atoms with Crippen LogP contribution in [0, 0.1) is 3.57 Å². The third-order valence-corrected chi connectivity index (χ3v) is 3.89. The summed E-state index contributed by atoms with van der Waals surface area (Å²) in [6, 6.07) is 0. The highest BCUT2D eigenvalue weighted by atomic mass is 127. The van der Waals surface area contributed by atoms with Crippen LogP contribution in [0.1, 0.15) is 18.2 Å². The number of alkyl halides is 4. The quantitative estimate of drug-likeness (QED) is 0.377. The number of hydrogen-bond acceptors (Lipinski definition) is 4. The molecule has 1 heterocycles. The van der Waals surface area contributed by atoms with Crippen molar-refractivity contribution in [1.29, 1.82) is 0 Å². The van der Waals surface area contributed by atoms with E-state index in [1.807, 2.05) is 0 Å². The molecule has 1 aromatic rings. The van der Waals surface area contributed by atoms with Crippen molar-refractivity contribution in [3.8, 4) is 5.75 Å². The predicted octanol–water partition coefficient (Wildman–Crippen LogP) is 3.59. The molecule has 9 heteroatoms. The van der Waals surface area contributed by atoms with E-state index >= 15 is 0 Å². The molecule has 0 radical (unpaired) electrons. The summed E-state index contributed by atoms with van der Waals surface area (Å²) in [7, 11) is 0. The lowest BCUT2D eigenvalue weighted by Gasteiger charge is -2.15. The Morgan fingerprint density at radius 2 is 2.15 bits per heavy atom. The van der Waals surface area contributed by atoms with Gasteiger partial charge in [0.2, 0.25) is 0 Å². The highest BCUT2D eigenvalue weighted by molar-refractivity contribution is 14.1. The number of nitrogens with zero attached hydrogens (tertiary/aromatic N) is 1. The topological polar surface area (TPSA) is 48.4 Å². The Kier molecular flexibility index (Phi) is 6.49. The highest BCUT2D eigenvalue weighted by Gasteiger charge is 2.34. The van der Waals surface area contributed by atoms with Gasteiger partial charge < -0.3 is 9.47 Å². The highest BCUT2D eigenvalue weighted by Crippen LogP contribution is 2.33. The molecule has 20 heavy (non-hydrogen) atoms. The van der Waals surface area contributed by atoms with Gasteiger partial charge in [-0.25, -0.2) is 0 Å². The van der Waals surface area contributed by atoms with Gasteiger partial charge in [-0.05, 0) is 35.1 Å². The summed E-state index contributed by atoms with van der Waals surface area (Å²) < 4.78 is 46.3. The van der Waals surface area contributed by atoms with Crippen molar-refractivity contribution in [2.75, 3.05) is 6.61 Å². The summed E-state index contributed by atoms with van der Waals surface area (Å²) in [5.41, 5.74) is 0.437. The maximum atomic E-state index is 12.4. The molecule has 1 aromatic heterocycles. The van der Waals surface area contributed by atoms with Crippen LogP contribution in [0.5, 0.6) is 5.75 Å². The zero-order chi connectivity index (χ0) is 15.3. The molecule has 0 aliphatic carbocycles. The maximum absolute atomic E-state index is 12.4. The molecule has 0 aromatic carbocycles. The number of halogens is 5. The van der Waals surface area contributed by atoms with Crippen LogP contribution >= 0.6 is 38.5 Å². The van der Waals surface area contributed by atoms with Crippen molar-refractivity contribution in [3.63, 3.8) is 0 Å². The van der Waals surface area contributed by atoms with Gasteiger partial charge in [0.25, 0.3) is 0 Å². The van der Waals surface area contributed by atoms with E-state index in [2.05, 4.69) is 25.7 Å². The fourth-order valence-electron chi connectivity index (χ4n) is 1.33. The Hall–Kier alpha value is -0.580. The number of carbonyl (C=O) groups is 1. The number of esters is 1. The number of rotatable bonds is 5. The van der Waals surface area contributed by atoms with Crippen LogP contribution in [0.2, 0.25) is 0 Å². The van der Waals surface area contributed by atoms with Crippen LogP contribution in [0.25, 0.3) is 0 Å². The predicted molar refractivity (Wildman–Crippen MR) is 76.6 cm³/mol. The number of pyridine rings is 1. The van der Waals surface area contributed by atoms with Crippen LogP contribution in [-0.4, -0.2) is 23.9 Å². The number of aromatic nitrogens is 1. The van der Waals surface area contributed by atoms with Crippen LogP contribution in [0.3, 0.4) is 0 Å².